The van der Waals surface area contributed by atoms with Gasteiger partial charge in [-0.15, -0.1) is 0 Å². The van der Waals surface area contributed by atoms with Crippen molar-refractivity contribution < 1.29 is 19.0 Å². The number of nitrogens with one attached hydrogen (secondary N) is 1. The van der Waals surface area contributed by atoms with Crippen LogP contribution in [0.4, 0.5) is 0 Å². The molecule has 1 unspecified atom stereocenters. The van der Waals surface area contributed by atoms with Crippen molar-refractivity contribution in [2.45, 2.75) is 25.8 Å². The summed E-state index contributed by atoms with van der Waals surface area (Å²) in [5, 5.41) is 3.23. The van der Waals surface area contributed by atoms with Crippen LogP contribution in [0.3, 0.4) is 0 Å². The number of benzene rings is 1. The molecule has 1 aromatic rings. The fourth-order valence-electron chi connectivity index (χ4n) is 2.25. The Morgan fingerprint density at radius 3 is 2.74 bits per heavy atom. The van der Waals surface area contributed by atoms with Crippen LogP contribution in [-0.4, -0.2) is 26.9 Å². The van der Waals surface area contributed by atoms with Gasteiger partial charge in [-0.2, -0.15) is 0 Å². The molecule has 0 spiro atoms. The van der Waals surface area contributed by atoms with Crippen molar-refractivity contribution >= 4 is 5.97 Å². The standard InChI is InChI=1S/C14H19NO4/c1-9-6-12-13(19-8-18-12)7-10(9)11(15-2)4-5-14(16)17-3/h6-7,11,15H,4-5,8H2,1-3H3. The summed E-state index contributed by atoms with van der Waals surface area (Å²) in [4.78, 5) is 11.2. The topological polar surface area (TPSA) is 56.8 Å². The molecule has 1 aromatic carbocycles. The number of rotatable bonds is 5. The molecule has 1 atom stereocenters. The number of aryl methyl sites for hydroxylation is 1. The molecule has 5 nitrogen and oxygen atoms in total. The van der Waals surface area contributed by atoms with E-state index in [1.807, 2.05) is 26.1 Å². The summed E-state index contributed by atoms with van der Waals surface area (Å²) < 4.78 is 15.4. The van der Waals surface area contributed by atoms with Crippen LogP contribution in [0.25, 0.3) is 0 Å². The third-order valence-corrected chi connectivity index (χ3v) is 3.35. The van der Waals surface area contributed by atoms with E-state index in [1.54, 1.807) is 0 Å². The van der Waals surface area contributed by atoms with Gasteiger partial charge in [0.05, 0.1) is 7.11 Å². The Balaban J connectivity index is 2.16. The lowest BCUT2D eigenvalue weighted by Crippen LogP contribution is -2.19. The summed E-state index contributed by atoms with van der Waals surface area (Å²) in [6.07, 6.45) is 1.07. The van der Waals surface area contributed by atoms with Crippen LogP contribution in [-0.2, 0) is 9.53 Å². The minimum atomic E-state index is -0.196. The maximum absolute atomic E-state index is 11.2. The molecule has 1 N–H and O–H groups in total. The first-order chi connectivity index (χ1) is 9.15. The predicted octanol–water partition coefficient (Wildman–Crippen LogP) is 1.94. The first-order valence-corrected chi connectivity index (χ1v) is 6.30. The van der Waals surface area contributed by atoms with Crippen molar-refractivity contribution in [2.24, 2.45) is 0 Å². The van der Waals surface area contributed by atoms with Crippen molar-refractivity contribution in [1.82, 2.24) is 5.32 Å². The van der Waals surface area contributed by atoms with E-state index < -0.39 is 0 Å². The summed E-state index contributed by atoms with van der Waals surface area (Å²) in [6, 6.07) is 4.05. The van der Waals surface area contributed by atoms with Crippen molar-refractivity contribution in [3.05, 3.63) is 23.3 Å². The van der Waals surface area contributed by atoms with Gasteiger partial charge in [0, 0.05) is 12.5 Å². The van der Waals surface area contributed by atoms with E-state index >= 15 is 0 Å². The van der Waals surface area contributed by atoms with E-state index in [2.05, 4.69) is 10.1 Å². The Morgan fingerprint density at radius 2 is 2.11 bits per heavy atom. The normalized spacial score (nSPS) is 14.3. The lowest BCUT2D eigenvalue weighted by molar-refractivity contribution is -0.140. The van der Waals surface area contributed by atoms with E-state index in [1.165, 1.54) is 7.11 Å². The van der Waals surface area contributed by atoms with Crippen LogP contribution in [0.2, 0.25) is 0 Å². The average Bonchev–Trinajstić information content (AvgIpc) is 2.86. The van der Waals surface area contributed by atoms with Crippen molar-refractivity contribution in [1.29, 1.82) is 0 Å². The highest BCUT2D eigenvalue weighted by Gasteiger charge is 2.20. The third-order valence-electron chi connectivity index (χ3n) is 3.35. The third kappa shape index (κ3) is 2.98. The van der Waals surface area contributed by atoms with Crippen molar-refractivity contribution in [3.63, 3.8) is 0 Å². The fraction of sp³-hybridized carbons (Fsp3) is 0.500. The molecule has 0 fully saturated rings. The Kier molecular flexibility index (Phi) is 4.27. The first-order valence-electron chi connectivity index (χ1n) is 6.30. The number of hydrogen-bond donors (Lipinski definition) is 1. The molecule has 19 heavy (non-hydrogen) atoms. The highest BCUT2D eigenvalue weighted by molar-refractivity contribution is 5.69. The lowest BCUT2D eigenvalue weighted by Gasteiger charge is -2.19. The second-order valence-corrected chi connectivity index (χ2v) is 4.52. The van der Waals surface area contributed by atoms with Crippen LogP contribution < -0.4 is 14.8 Å². The molecule has 0 aliphatic carbocycles. The molecule has 0 bridgehead atoms. The van der Waals surface area contributed by atoms with Crippen LogP contribution in [0.15, 0.2) is 12.1 Å². The molecular weight excluding hydrogens is 246 g/mol. The Hall–Kier alpha value is -1.75. The van der Waals surface area contributed by atoms with Crippen LogP contribution >= 0.6 is 0 Å². The molecule has 0 aromatic heterocycles. The summed E-state index contributed by atoms with van der Waals surface area (Å²) in [5.41, 5.74) is 2.24. The van der Waals surface area contributed by atoms with Gasteiger partial charge < -0.3 is 19.5 Å². The Bertz CT molecular complexity index is 473. The maximum Gasteiger partial charge on any atom is 0.305 e. The predicted molar refractivity (Wildman–Crippen MR) is 70.4 cm³/mol. The molecule has 0 saturated heterocycles. The molecule has 0 saturated carbocycles. The zero-order chi connectivity index (χ0) is 13.8. The molecule has 0 amide bonds. The lowest BCUT2D eigenvalue weighted by atomic mass is 9.97. The van der Waals surface area contributed by atoms with E-state index in [9.17, 15) is 4.79 Å². The number of carbonyl (C=O) groups is 1. The van der Waals surface area contributed by atoms with Crippen molar-refractivity contribution in [2.75, 3.05) is 21.0 Å². The summed E-state index contributed by atoms with van der Waals surface area (Å²) >= 11 is 0. The van der Waals surface area contributed by atoms with Gasteiger partial charge in [-0.05, 0) is 43.7 Å². The van der Waals surface area contributed by atoms with Gasteiger partial charge >= 0.3 is 5.97 Å². The minimum Gasteiger partial charge on any atom is -0.469 e. The molecule has 2 rings (SSSR count). The molecule has 1 aliphatic heterocycles. The van der Waals surface area contributed by atoms with Crippen LogP contribution in [0.1, 0.15) is 30.0 Å². The van der Waals surface area contributed by atoms with E-state index in [-0.39, 0.29) is 18.8 Å². The van der Waals surface area contributed by atoms with E-state index in [0.717, 1.165) is 22.6 Å². The van der Waals surface area contributed by atoms with Gasteiger partial charge in [0.2, 0.25) is 6.79 Å². The highest BCUT2D eigenvalue weighted by Crippen LogP contribution is 2.37. The van der Waals surface area contributed by atoms with Gasteiger partial charge in [0.1, 0.15) is 0 Å². The van der Waals surface area contributed by atoms with Crippen molar-refractivity contribution in [3.8, 4) is 11.5 Å². The van der Waals surface area contributed by atoms with Gasteiger partial charge in [-0.25, -0.2) is 0 Å². The minimum absolute atomic E-state index is 0.0913. The molecule has 104 valence electrons. The second-order valence-electron chi connectivity index (χ2n) is 4.52. The maximum atomic E-state index is 11.2. The van der Waals surface area contributed by atoms with E-state index in [4.69, 9.17) is 9.47 Å². The molecule has 0 radical (unpaired) electrons. The highest BCUT2D eigenvalue weighted by atomic mass is 16.7. The van der Waals surface area contributed by atoms with Crippen LogP contribution in [0, 0.1) is 6.92 Å². The molecule has 5 heteroatoms. The number of ether oxygens (including phenoxy) is 3. The van der Waals surface area contributed by atoms with Gasteiger partial charge in [0.25, 0.3) is 0 Å². The largest absolute Gasteiger partial charge is 0.469 e. The smallest absolute Gasteiger partial charge is 0.305 e. The molecular formula is C14H19NO4. The van der Waals surface area contributed by atoms with Gasteiger partial charge in [0.15, 0.2) is 11.5 Å². The monoisotopic (exact) mass is 265 g/mol. The zero-order valence-corrected chi connectivity index (χ0v) is 11.5. The number of methoxy groups -OCH3 is 1. The van der Waals surface area contributed by atoms with Crippen LogP contribution in [0.5, 0.6) is 11.5 Å². The Labute approximate surface area is 112 Å². The summed E-state index contributed by atoms with van der Waals surface area (Å²) in [5.74, 6) is 1.35. The number of fused-ring (bicyclic) bond motifs is 1. The number of esters is 1. The first kappa shape index (κ1) is 13.7. The number of carbonyl (C=O) groups excluding carboxylic acids is 1. The molecule has 1 heterocycles. The summed E-state index contributed by atoms with van der Waals surface area (Å²) in [7, 11) is 3.29. The zero-order valence-electron chi connectivity index (χ0n) is 11.5. The van der Waals surface area contributed by atoms with E-state index in [0.29, 0.717) is 12.8 Å². The van der Waals surface area contributed by atoms with Gasteiger partial charge in [-0.1, -0.05) is 0 Å². The quantitative estimate of drug-likeness (QED) is 0.824. The van der Waals surface area contributed by atoms with Gasteiger partial charge in [-0.3, -0.25) is 4.79 Å². The Morgan fingerprint density at radius 1 is 1.42 bits per heavy atom. The SMILES string of the molecule is CNC(CCC(=O)OC)c1cc2c(cc1C)OCO2. The average molecular weight is 265 g/mol. The number of hydrogen-bond acceptors (Lipinski definition) is 5. The second kappa shape index (κ2) is 5.93. The fourth-order valence-corrected chi connectivity index (χ4v) is 2.25. The molecule has 1 aliphatic rings. The summed E-state index contributed by atoms with van der Waals surface area (Å²) in [6.45, 7) is 2.30.